The largest absolute Gasteiger partial charge is 0.260 e. The summed E-state index contributed by atoms with van der Waals surface area (Å²) in [6, 6.07) is 11.1. The average Bonchev–Trinajstić information content (AvgIpc) is 2.37. The Hall–Kier alpha value is -1.29. The number of hydrogen-bond donors (Lipinski definition) is 1. The Morgan fingerprint density at radius 2 is 1.78 bits per heavy atom. The third kappa shape index (κ3) is 3.35. The summed E-state index contributed by atoms with van der Waals surface area (Å²) in [6.45, 7) is 0. The van der Waals surface area contributed by atoms with Gasteiger partial charge in [-0.1, -0.05) is 65.1 Å². The lowest BCUT2D eigenvalue weighted by molar-refractivity contribution is 1.23. The Morgan fingerprint density at radius 1 is 1.06 bits per heavy atom. The maximum atomic E-state index is 5.94. The molecule has 3 nitrogen and oxygen atoms in total. The summed E-state index contributed by atoms with van der Waals surface area (Å²) in [5.74, 6) is 0.359. The molecule has 0 fully saturated rings. The molecule has 6 heteroatoms. The van der Waals surface area contributed by atoms with Gasteiger partial charge in [-0.05, 0) is 11.6 Å². The number of rotatable bonds is 3. The van der Waals surface area contributed by atoms with E-state index in [1.165, 1.54) is 6.07 Å². The van der Waals surface area contributed by atoms with E-state index in [2.05, 4.69) is 15.5 Å². The molecule has 1 aromatic heterocycles. The molecule has 0 aliphatic rings. The molecule has 0 amide bonds. The fourth-order valence-electron chi connectivity index (χ4n) is 1.23. The summed E-state index contributed by atoms with van der Waals surface area (Å²) >= 11 is 17.5. The smallest absolute Gasteiger partial charge is 0.166 e. The van der Waals surface area contributed by atoms with Crippen molar-refractivity contribution in [1.29, 1.82) is 0 Å². The van der Waals surface area contributed by atoms with Crippen LogP contribution < -0.4 is 5.43 Å². The molecular weight excluding hydrogens is 293 g/mol. The quantitative estimate of drug-likeness (QED) is 0.515. The molecule has 0 aliphatic heterocycles. The van der Waals surface area contributed by atoms with Gasteiger partial charge in [-0.3, -0.25) is 5.43 Å². The van der Waals surface area contributed by atoms with Gasteiger partial charge in [-0.15, -0.1) is 0 Å². The third-order valence-corrected chi connectivity index (χ3v) is 3.03. The zero-order valence-electron chi connectivity index (χ0n) is 9.07. The monoisotopic (exact) mass is 299 g/mol. The second-order valence-corrected chi connectivity index (χ2v) is 4.54. The Bertz CT molecular complexity index is 570. The fraction of sp³-hybridized carbons (Fsp3) is 0. The summed E-state index contributed by atoms with van der Waals surface area (Å²) in [7, 11) is 0. The van der Waals surface area contributed by atoms with Crippen LogP contribution in [0.1, 0.15) is 5.56 Å². The van der Waals surface area contributed by atoms with Crippen molar-refractivity contribution in [3.63, 3.8) is 0 Å². The minimum absolute atomic E-state index is 0.179. The lowest BCUT2D eigenvalue weighted by Gasteiger charge is -2.03. The van der Waals surface area contributed by atoms with Gasteiger partial charge in [-0.25, -0.2) is 4.98 Å². The van der Waals surface area contributed by atoms with Crippen LogP contribution in [0.2, 0.25) is 15.2 Å². The SMILES string of the molecule is Clc1cc(Cl)c(NN=Cc2ccccc2)nc1Cl. The van der Waals surface area contributed by atoms with Crippen LogP contribution in [0, 0.1) is 0 Å². The van der Waals surface area contributed by atoms with E-state index in [1.54, 1.807) is 6.21 Å². The van der Waals surface area contributed by atoms with E-state index in [0.717, 1.165) is 5.56 Å². The first-order valence-electron chi connectivity index (χ1n) is 5.02. The van der Waals surface area contributed by atoms with Gasteiger partial charge in [0.05, 0.1) is 16.3 Å². The molecule has 0 bridgehead atoms. The van der Waals surface area contributed by atoms with Crippen molar-refractivity contribution in [1.82, 2.24) is 4.98 Å². The second-order valence-electron chi connectivity index (χ2n) is 3.37. The molecule has 0 unspecified atom stereocenters. The van der Waals surface area contributed by atoms with Crippen LogP contribution in [-0.2, 0) is 0 Å². The van der Waals surface area contributed by atoms with Gasteiger partial charge in [0.2, 0.25) is 0 Å². The van der Waals surface area contributed by atoms with Crippen LogP contribution in [0.5, 0.6) is 0 Å². The van der Waals surface area contributed by atoms with Crippen LogP contribution in [0.3, 0.4) is 0 Å². The van der Waals surface area contributed by atoms with E-state index in [1.807, 2.05) is 30.3 Å². The zero-order chi connectivity index (χ0) is 13.0. The highest BCUT2D eigenvalue weighted by Crippen LogP contribution is 2.28. The summed E-state index contributed by atoms with van der Waals surface area (Å²) < 4.78 is 0. The molecule has 2 aromatic rings. The minimum Gasteiger partial charge on any atom is -0.260 e. The number of pyridine rings is 1. The average molecular weight is 301 g/mol. The second kappa shape index (κ2) is 6.05. The molecule has 0 saturated carbocycles. The fourth-order valence-corrected chi connectivity index (χ4v) is 1.77. The van der Waals surface area contributed by atoms with Gasteiger partial charge >= 0.3 is 0 Å². The number of anilines is 1. The molecule has 1 aromatic carbocycles. The molecular formula is C12H8Cl3N3. The highest BCUT2D eigenvalue weighted by molar-refractivity contribution is 6.42. The molecule has 0 saturated heterocycles. The minimum atomic E-state index is 0.179. The summed E-state index contributed by atoms with van der Waals surface area (Å²) in [4.78, 5) is 3.98. The predicted molar refractivity (Wildman–Crippen MR) is 76.9 cm³/mol. The van der Waals surface area contributed by atoms with Crippen molar-refractivity contribution < 1.29 is 0 Å². The number of aromatic nitrogens is 1. The molecule has 0 spiro atoms. The molecule has 0 aliphatic carbocycles. The van der Waals surface area contributed by atoms with Gasteiger partial charge in [0.1, 0.15) is 5.15 Å². The van der Waals surface area contributed by atoms with Crippen LogP contribution in [0.4, 0.5) is 5.82 Å². The number of nitrogens with one attached hydrogen (secondary N) is 1. The van der Waals surface area contributed by atoms with Crippen molar-refractivity contribution in [2.45, 2.75) is 0 Å². The predicted octanol–water partition coefficient (Wildman–Crippen LogP) is 4.49. The number of hydrogen-bond acceptors (Lipinski definition) is 3. The van der Waals surface area contributed by atoms with Crippen LogP contribution >= 0.6 is 34.8 Å². The number of nitrogens with zero attached hydrogens (tertiary/aromatic N) is 2. The number of halogens is 3. The van der Waals surface area contributed by atoms with Crippen molar-refractivity contribution in [3.05, 3.63) is 57.2 Å². The third-order valence-electron chi connectivity index (χ3n) is 2.07. The molecule has 0 atom stereocenters. The molecule has 0 radical (unpaired) electrons. The maximum absolute atomic E-state index is 5.94. The lowest BCUT2D eigenvalue weighted by atomic mass is 10.2. The standard InChI is InChI=1S/C12H8Cl3N3/c13-9-6-10(14)12(17-11(9)15)18-16-7-8-4-2-1-3-5-8/h1-7H,(H,17,18). The van der Waals surface area contributed by atoms with Crippen molar-refractivity contribution in [3.8, 4) is 0 Å². The Labute approximate surface area is 119 Å². The molecule has 1 N–H and O–H groups in total. The molecule has 92 valence electrons. The molecule has 2 rings (SSSR count). The van der Waals surface area contributed by atoms with Gasteiger partial charge < -0.3 is 0 Å². The van der Waals surface area contributed by atoms with Crippen LogP contribution in [0.25, 0.3) is 0 Å². The molecule has 1 heterocycles. The van der Waals surface area contributed by atoms with E-state index < -0.39 is 0 Å². The van der Waals surface area contributed by atoms with E-state index in [9.17, 15) is 0 Å². The zero-order valence-corrected chi connectivity index (χ0v) is 11.3. The van der Waals surface area contributed by atoms with E-state index in [-0.39, 0.29) is 5.15 Å². The maximum Gasteiger partial charge on any atom is 0.166 e. The highest BCUT2D eigenvalue weighted by Gasteiger charge is 2.06. The number of benzene rings is 1. The van der Waals surface area contributed by atoms with Crippen molar-refractivity contribution >= 4 is 46.8 Å². The van der Waals surface area contributed by atoms with Gasteiger partial charge in [0.15, 0.2) is 5.82 Å². The summed E-state index contributed by atoms with van der Waals surface area (Å²) in [5.41, 5.74) is 3.67. The molecule has 18 heavy (non-hydrogen) atoms. The first-order valence-corrected chi connectivity index (χ1v) is 6.16. The van der Waals surface area contributed by atoms with Crippen LogP contribution in [-0.4, -0.2) is 11.2 Å². The summed E-state index contributed by atoms with van der Waals surface area (Å²) in [5, 5.41) is 4.86. The van der Waals surface area contributed by atoms with E-state index >= 15 is 0 Å². The van der Waals surface area contributed by atoms with Crippen LogP contribution in [0.15, 0.2) is 41.5 Å². The lowest BCUT2D eigenvalue weighted by Crippen LogP contribution is -1.95. The van der Waals surface area contributed by atoms with Crippen molar-refractivity contribution in [2.24, 2.45) is 5.10 Å². The topological polar surface area (TPSA) is 37.3 Å². The van der Waals surface area contributed by atoms with Gasteiger partial charge in [0.25, 0.3) is 0 Å². The van der Waals surface area contributed by atoms with Gasteiger partial charge in [-0.2, -0.15) is 5.10 Å². The first kappa shape index (κ1) is 13.1. The summed E-state index contributed by atoms with van der Waals surface area (Å²) in [6.07, 6.45) is 1.65. The Morgan fingerprint density at radius 3 is 2.50 bits per heavy atom. The number of hydrazone groups is 1. The van der Waals surface area contributed by atoms with Gasteiger partial charge in [0, 0.05) is 0 Å². The van der Waals surface area contributed by atoms with E-state index in [0.29, 0.717) is 15.9 Å². The Balaban J connectivity index is 2.11. The van der Waals surface area contributed by atoms with E-state index in [4.69, 9.17) is 34.8 Å². The normalized spacial score (nSPS) is 10.8. The van der Waals surface area contributed by atoms with Crippen molar-refractivity contribution in [2.75, 3.05) is 5.43 Å². The Kier molecular flexibility index (Phi) is 4.42. The highest BCUT2D eigenvalue weighted by atomic mass is 35.5. The first-order chi connectivity index (χ1) is 8.66.